The maximum atomic E-state index is 12.4. The molecule has 0 saturated heterocycles. The minimum Gasteiger partial charge on any atom is -0.507 e. The Labute approximate surface area is 137 Å². The van der Waals surface area contributed by atoms with Crippen molar-refractivity contribution in [2.24, 2.45) is 0 Å². The number of hydrogen-bond donors (Lipinski definition) is 1. The fourth-order valence-electron chi connectivity index (χ4n) is 2.61. The first-order valence-electron chi connectivity index (χ1n) is 7.36. The Morgan fingerprint density at radius 3 is 2.62 bits per heavy atom. The molecule has 5 heteroatoms. The largest absolute Gasteiger partial charge is 0.507 e. The van der Waals surface area contributed by atoms with Crippen LogP contribution >= 0.6 is 0 Å². The number of phenolic OH excluding ortho intramolecular Hbond substituents is 1. The number of benzene rings is 2. The third kappa shape index (κ3) is 2.32. The summed E-state index contributed by atoms with van der Waals surface area (Å²) in [6.07, 6.45) is 3.09. The quantitative estimate of drug-likeness (QED) is 0.581. The van der Waals surface area contributed by atoms with Crippen molar-refractivity contribution in [1.29, 1.82) is 0 Å². The van der Waals surface area contributed by atoms with Gasteiger partial charge in [-0.1, -0.05) is 35.5 Å². The normalized spacial score (nSPS) is 10.8. The number of nitrogens with zero attached hydrogens (tertiary/aromatic N) is 2. The van der Waals surface area contributed by atoms with Crippen LogP contribution in [0.3, 0.4) is 0 Å². The van der Waals surface area contributed by atoms with Crippen LogP contribution in [-0.4, -0.2) is 21.0 Å². The number of aromatic hydroxyl groups is 1. The number of pyridine rings is 1. The Bertz CT molecular complexity index is 1040. The third-order valence-corrected chi connectivity index (χ3v) is 3.85. The molecule has 116 valence electrons. The van der Waals surface area contributed by atoms with Crippen LogP contribution < -0.4 is 0 Å². The number of aromatic nitrogens is 2. The van der Waals surface area contributed by atoms with Crippen LogP contribution in [0, 0.1) is 0 Å². The third-order valence-electron chi connectivity index (χ3n) is 3.85. The van der Waals surface area contributed by atoms with Crippen molar-refractivity contribution in [3.63, 3.8) is 0 Å². The van der Waals surface area contributed by atoms with Crippen molar-refractivity contribution in [2.45, 2.75) is 0 Å². The highest BCUT2D eigenvalue weighted by molar-refractivity contribution is 6.08. The van der Waals surface area contributed by atoms with Gasteiger partial charge in [0, 0.05) is 29.4 Å². The molecule has 2 aromatic carbocycles. The molecule has 24 heavy (non-hydrogen) atoms. The van der Waals surface area contributed by atoms with Gasteiger partial charge in [0.05, 0.1) is 5.56 Å². The van der Waals surface area contributed by atoms with E-state index >= 15 is 0 Å². The van der Waals surface area contributed by atoms with Crippen molar-refractivity contribution in [3.05, 3.63) is 78.2 Å². The van der Waals surface area contributed by atoms with Gasteiger partial charge in [0.1, 0.15) is 5.75 Å². The van der Waals surface area contributed by atoms with E-state index in [4.69, 9.17) is 4.52 Å². The van der Waals surface area contributed by atoms with Crippen LogP contribution in [0.15, 0.2) is 71.5 Å². The fourth-order valence-corrected chi connectivity index (χ4v) is 2.61. The molecular formula is C19H12N2O3. The van der Waals surface area contributed by atoms with Gasteiger partial charge in [-0.15, -0.1) is 0 Å². The van der Waals surface area contributed by atoms with Gasteiger partial charge in [-0.3, -0.25) is 9.78 Å². The van der Waals surface area contributed by atoms with E-state index in [2.05, 4.69) is 10.1 Å². The zero-order valence-corrected chi connectivity index (χ0v) is 12.5. The molecule has 0 saturated carbocycles. The minimum atomic E-state index is -0.257. The lowest BCUT2D eigenvalue weighted by Crippen LogP contribution is -2.01. The molecule has 0 unspecified atom stereocenters. The summed E-state index contributed by atoms with van der Waals surface area (Å²) in [6, 6.07) is 15.9. The number of hydrogen-bond acceptors (Lipinski definition) is 5. The first kappa shape index (κ1) is 14.1. The van der Waals surface area contributed by atoms with E-state index in [9.17, 15) is 9.90 Å². The zero-order chi connectivity index (χ0) is 16.5. The number of rotatable bonds is 3. The van der Waals surface area contributed by atoms with Gasteiger partial charge in [0.2, 0.25) is 5.78 Å². The summed E-state index contributed by atoms with van der Waals surface area (Å²) in [5, 5.41) is 16.0. The van der Waals surface area contributed by atoms with Crippen LogP contribution in [0.1, 0.15) is 16.1 Å². The fraction of sp³-hybridized carbons (Fsp3) is 0. The summed E-state index contributed by atoms with van der Waals surface area (Å²) in [7, 11) is 0. The molecule has 0 bridgehead atoms. The molecule has 2 heterocycles. The molecule has 1 N–H and O–H groups in total. The van der Waals surface area contributed by atoms with Crippen molar-refractivity contribution in [2.75, 3.05) is 0 Å². The highest BCUT2D eigenvalue weighted by atomic mass is 16.5. The van der Waals surface area contributed by atoms with Gasteiger partial charge in [-0.25, -0.2) is 0 Å². The molecule has 2 aromatic heterocycles. The van der Waals surface area contributed by atoms with Crippen molar-refractivity contribution in [1.82, 2.24) is 10.1 Å². The lowest BCUT2D eigenvalue weighted by molar-refractivity contribution is 0.103. The number of carbonyl (C=O) groups is 1. The van der Waals surface area contributed by atoms with Gasteiger partial charge in [0.15, 0.2) is 11.5 Å². The highest BCUT2D eigenvalue weighted by Gasteiger charge is 2.18. The first-order valence-corrected chi connectivity index (χ1v) is 7.36. The van der Waals surface area contributed by atoms with E-state index in [-0.39, 0.29) is 17.2 Å². The van der Waals surface area contributed by atoms with Gasteiger partial charge in [-0.2, -0.15) is 0 Å². The van der Waals surface area contributed by atoms with Crippen LogP contribution in [0.2, 0.25) is 0 Å². The average molecular weight is 316 g/mol. The minimum absolute atomic E-state index is 0.104. The smallest absolute Gasteiger partial charge is 0.215 e. The van der Waals surface area contributed by atoms with Crippen molar-refractivity contribution < 1.29 is 14.4 Å². The Morgan fingerprint density at radius 2 is 1.79 bits per heavy atom. The first-order chi connectivity index (χ1) is 11.7. The molecule has 0 aliphatic rings. The van der Waals surface area contributed by atoms with Gasteiger partial charge in [-0.05, 0) is 23.6 Å². The summed E-state index contributed by atoms with van der Waals surface area (Å²) in [4.78, 5) is 16.3. The molecule has 0 amide bonds. The Kier molecular flexibility index (Phi) is 3.31. The maximum Gasteiger partial charge on any atom is 0.215 e. The van der Waals surface area contributed by atoms with Crippen molar-refractivity contribution in [3.8, 4) is 17.1 Å². The Hall–Kier alpha value is -3.47. The van der Waals surface area contributed by atoms with E-state index < -0.39 is 0 Å². The number of ketones is 1. The van der Waals surface area contributed by atoms with E-state index in [1.165, 1.54) is 6.07 Å². The topological polar surface area (TPSA) is 76.2 Å². The molecule has 4 aromatic rings. The molecule has 0 aliphatic carbocycles. The monoisotopic (exact) mass is 316 g/mol. The van der Waals surface area contributed by atoms with Crippen LogP contribution in [-0.2, 0) is 0 Å². The van der Waals surface area contributed by atoms with E-state index in [1.54, 1.807) is 30.6 Å². The Balaban J connectivity index is 1.76. The molecule has 0 spiro atoms. The predicted octanol–water partition coefficient (Wildman–Crippen LogP) is 3.83. The molecule has 0 aliphatic heterocycles. The second-order valence-electron chi connectivity index (χ2n) is 5.32. The molecule has 4 rings (SSSR count). The van der Waals surface area contributed by atoms with E-state index in [0.717, 1.165) is 5.39 Å². The summed E-state index contributed by atoms with van der Waals surface area (Å²) in [6.45, 7) is 0. The summed E-state index contributed by atoms with van der Waals surface area (Å²) >= 11 is 0. The molecule has 0 radical (unpaired) electrons. The standard InChI is InChI=1S/C19H12N2O3/c22-18(13-7-9-20-10-8-13)16-11-17(24-21-16)15-6-5-12-3-1-2-4-14(12)19(15)23/h1-11,23H. The second-order valence-corrected chi connectivity index (χ2v) is 5.32. The summed E-state index contributed by atoms with van der Waals surface area (Å²) < 4.78 is 5.28. The molecule has 0 atom stereocenters. The Morgan fingerprint density at radius 1 is 1.00 bits per heavy atom. The second kappa shape index (κ2) is 5.62. The van der Waals surface area contributed by atoms with E-state index in [0.29, 0.717) is 22.3 Å². The number of phenols is 1. The van der Waals surface area contributed by atoms with Gasteiger partial charge >= 0.3 is 0 Å². The summed E-state index contributed by atoms with van der Waals surface area (Å²) in [5.74, 6) is 0.190. The number of fused-ring (bicyclic) bond motifs is 1. The van der Waals surface area contributed by atoms with Gasteiger partial charge in [0.25, 0.3) is 0 Å². The van der Waals surface area contributed by atoms with Crippen LogP contribution in [0.5, 0.6) is 5.75 Å². The zero-order valence-electron chi connectivity index (χ0n) is 12.5. The van der Waals surface area contributed by atoms with Gasteiger partial charge < -0.3 is 9.63 Å². The summed E-state index contributed by atoms with van der Waals surface area (Å²) in [5.41, 5.74) is 1.16. The highest BCUT2D eigenvalue weighted by Crippen LogP contribution is 2.36. The van der Waals surface area contributed by atoms with Crippen molar-refractivity contribution >= 4 is 16.6 Å². The molecular weight excluding hydrogens is 304 g/mol. The van der Waals surface area contributed by atoms with Crippen LogP contribution in [0.25, 0.3) is 22.1 Å². The van der Waals surface area contributed by atoms with Crippen LogP contribution in [0.4, 0.5) is 0 Å². The number of carbonyl (C=O) groups excluding carboxylic acids is 1. The molecule has 5 nitrogen and oxygen atoms in total. The SMILES string of the molecule is O=C(c1ccncc1)c1cc(-c2ccc3ccccc3c2O)on1. The van der Waals surface area contributed by atoms with E-state index in [1.807, 2.05) is 30.3 Å². The predicted molar refractivity (Wildman–Crippen MR) is 88.8 cm³/mol. The molecule has 0 fully saturated rings. The lowest BCUT2D eigenvalue weighted by atomic mass is 10.0. The maximum absolute atomic E-state index is 12.4. The average Bonchev–Trinajstić information content (AvgIpc) is 3.12. The lowest BCUT2D eigenvalue weighted by Gasteiger charge is -2.04.